The van der Waals surface area contributed by atoms with Crippen molar-refractivity contribution in [3.8, 4) is 0 Å². The zero-order valence-electron chi connectivity index (χ0n) is 24.2. The predicted molar refractivity (Wildman–Crippen MR) is 162 cm³/mol. The number of methoxy groups -OCH3 is 1. The quantitative estimate of drug-likeness (QED) is 0.239. The maximum Gasteiger partial charge on any atom is 0.355 e. The molecule has 0 saturated heterocycles. The van der Waals surface area contributed by atoms with Crippen LogP contribution in [-0.4, -0.2) is 33.1 Å². The Morgan fingerprint density at radius 1 is 0.952 bits per heavy atom. The SMILES string of the molecule is COC(=O)/C(NS(=O)(=O)c1ccc(C)cc1)=C1/C=C[C@](Cc2ccc(Cl)cc2)(C(=O)OC(C)(C)C)[C@H]1c1ccccc1. The van der Waals surface area contributed by atoms with Gasteiger partial charge in [-0.3, -0.25) is 9.52 Å². The first kappa shape index (κ1) is 31.1. The van der Waals surface area contributed by atoms with Crippen molar-refractivity contribution in [2.45, 2.75) is 50.5 Å². The number of hydrogen-bond donors (Lipinski definition) is 1. The Labute approximate surface area is 252 Å². The van der Waals surface area contributed by atoms with Gasteiger partial charge in [-0.15, -0.1) is 0 Å². The van der Waals surface area contributed by atoms with Gasteiger partial charge in [-0.25, -0.2) is 13.2 Å². The van der Waals surface area contributed by atoms with Crippen LogP contribution in [0.5, 0.6) is 0 Å². The van der Waals surface area contributed by atoms with E-state index in [0.29, 0.717) is 10.6 Å². The molecule has 0 heterocycles. The Balaban J connectivity index is 1.96. The molecule has 1 aliphatic carbocycles. The molecule has 42 heavy (non-hydrogen) atoms. The number of benzene rings is 3. The second kappa shape index (κ2) is 12.2. The first-order valence-electron chi connectivity index (χ1n) is 13.4. The Morgan fingerprint density at radius 2 is 1.57 bits per heavy atom. The lowest BCUT2D eigenvalue weighted by Gasteiger charge is -2.36. The highest BCUT2D eigenvalue weighted by molar-refractivity contribution is 7.89. The lowest BCUT2D eigenvalue weighted by atomic mass is 9.69. The second-order valence-electron chi connectivity index (χ2n) is 11.3. The highest BCUT2D eigenvalue weighted by Gasteiger charge is 2.52. The van der Waals surface area contributed by atoms with Gasteiger partial charge >= 0.3 is 11.9 Å². The number of esters is 2. The number of aryl methyl sites for hydroxylation is 1. The van der Waals surface area contributed by atoms with Gasteiger partial charge in [-0.05, 0) is 75.1 Å². The van der Waals surface area contributed by atoms with E-state index in [1.807, 2.05) is 49.4 Å². The first-order valence-corrected chi connectivity index (χ1v) is 15.3. The summed E-state index contributed by atoms with van der Waals surface area (Å²) in [5.74, 6) is -2.22. The smallest absolute Gasteiger partial charge is 0.355 e. The third-order valence-corrected chi connectivity index (χ3v) is 8.57. The van der Waals surface area contributed by atoms with Crippen LogP contribution in [0.1, 0.15) is 43.4 Å². The van der Waals surface area contributed by atoms with Gasteiger partial charge in [0.15, 0.2) is 0 Å². The summed E-state index contributed by atoms with van der Waals surface area (Å²) in [6.07, 6.45) is 3.50. The average Bonchev–Trinajstić information content (AvgIpc) is 3.32. The van der Waals surface area contributed by atoms with Crippen LogP contribution in [0, 0.1) is 12.3 Å². The number of allylic oxidation sites excluding steroid dienone is 2. The fourth-order valence-corrected chi connectivity index (χ4v) is 6.23. The molecule has 1 N–H and O–H groups in total. The Bertz CT molecular complexity index is 1620. The van der Waals surface area contributed by atoms with Crippen molar-refractivity contribution in [1.29, 1.82) is 0 Å². The van der Waals surface area contributed by atoms with E-state index in [-0.39, 0.29) is 22.6 Å². The number of carbonyl (C=O) groups is 2. The Morgan fingerprint density at radius 3 is 2.14 bits per heavy atom. The third kappa shape index (κ3) is 6.77. The van der Waals surface area contributed by atoms with Gasteiger partial charge in [0.25, 0.3) is 10.0 Å². The molecule has 4 rings (SSSR count). The minimum absolute atomic E-state index is 0.0205. The van der Waals surface area contributed by atoms with Crippen molar-refractivity contribution in [2.24, 2.45) is 5.41 Å². The van der Waals surface area contributed by atoms with Crippen LogP contribution in [0.2, 0.25) is 5.02 Å². The van der Waals surface area contributed by atoms with Crippen molar-refractivity contribution in [3.05, 3.63) is 124 Å². The Hall–Kier alpha value is -3.88. The molecule has 220 valence electrons. The monoisotopic (exact) mass is 607 g/mol. The lowest BCUT2D eigenvalue weighted by molar-refractivity contribution is -0.165. The van der Waals surface area contributed by atoms with Crippen LogP contribution in [-0.2, 0) is 35.5 Å². The van der Waals surface area contributed by atoms with E-state index in [4.69, 9.17) is 21.1 Å². The van der Waals surface area contributed by atoms with E-state index >= 15 is 0 Å². The molecule has 1 aliphatic rings. The Kier molecular flexibility index (Phi) is 8.99. The predicted octanol–water partition coefficient (Wildman–Crippen LogP) is 6.28. The fourth-order valence-electron chi connectivity index (χ4n) is 5.02. The zero-order chi connectivity index (χ0) is 30.7. The van der Waals surface area contributed by atoms with Crippen LogP contribution >= 0.6 is 11.6 Å². The van der Waals surface area contributed by atoms with Crippen molar-refractivity contribution >= 4 is 33.6 Å². The van der Waals surface area contributed by atoms with Crippen LogP contribution in [0.15, 0.2) is 107 Å². The summed E-state index contributed by atoms with van der Waals surface area (Å²) in [5, 5.41) is 0.547. The van der Waals surface area contributed by atoms with Crippen molar-refractivity contribution < 1.29 is 27.5 Å². The second-order valence-corrected chi connectivity index (χ2v) is 13.4. The molecule has 0 aromatic heterocycles. The normalized spacial score (nSPS) is 19.7. The van der Waals surface area contributed by atoms with Crippen molar-refractivity contribution in [1.82, 2.24) is 4.72 Å². The summed E-state index contributed by atoms with van der Waals surface area (Å²) >= 11 is 6.14. The van der Waals surface area contributed by atoms with E-state index in [2.05, 4.69) is 4.72 Å². The molecule has 3 aromatic rings. The van der Waals surface area contributed by atoms with Crippen LogP contribution in [0.3, 0.4) is 0 Å². The molecular formula is C33H34ClNO6S. The third-order valence-electron chi connectivity index (χ3n) is 6.95. The highest BCUT2D eigenvalue weighted by Crippen LogP contribution is 2.52. The summed E-state index contributed by atoms with van der Waals surface area (Å²) < 4.78 is 40.5. The minimum Gasteiger partial charge on any atom is -0.464 e. The zero-order valence-corrected chi connectivity index (χ0v) is 25.8. The number of sulfonamides is 1. The van der Waals surface area contributed by atoms with E-state index < -0.39 is 38.9 Å². The summed E-state index contributed by atoms with van der Waals surface area (Å²) in [6, 6.07) is 22.5. The van der Waals surface area contributed by atoms with Gasteiger partial charge < -0.3 is 9.47 Å². The minimum atomic E-state index is -4.20. The summed E-state index contributed by atoms with van der Waals surface area (Å²) in [5.41, 5.74) is 0.210. The molecule has 0 unspecified atom stereocenters. The van der Waals surface area contributed by atoms with Crippen molar-refractivity contribution in [2.75, 3.05) is 7.11 Å². The van der Waals surface area contributed by atoms with E-state index in [9.17, 15) is 18.0 Å². The number of rotatable bonds is 8. The van der Waals surface area contributed by atoms with Gasteiger partial charge in [0.2, 0.25) is 0 Å². The molecule has 0 amide bonds. The van der Waals surface area contributed by atoms with Gasteiger partial charge in [0, 0.05) is 10.9 Å². The van der Waals surface area contributed by atoms with E-state index in [1.54, 1.807) is 57.2 Å². The highest BCUT2D eigenvalue weighted by atomic mass is 35.5. The molecule has 9 heteroatoms. The van der Waals surface area contributed by atoms with Gasteiger partial charge in [-0.1, -0.05) is 83.9 Å². The molecular weight excluding hydrogens is 574 g/mol. The van der Waals surface area contributed by atoms with Gasteiger partial charge in [0.1, 0.15) is 16.7 Å². The van der Waals surface area contributed by atoms with Gasteiger partial charge in [-0.2, -0.15) is 0 Å². The lowest BCUT2D eigenvalue weighted by Crippen LogP contribution is -2.42. The standard InChI is InChI=1S/C33H34ClNO6S/c1-22-11-17-26(18-12-22)42(38,39)35-29(30(36)40-5)27-19-20-33(31(37)41-32(2,3)4,21-23-13-15-25(34)16-14-23)28(27)24-9-7-6-8-10-24/h6-20,28,35H,21H2,1-5H3/b29-27+/t28-,33+/m0/s1. The maximum atomic E-state index is 14.2. The average molecular weight is 608 g/mol. The van der Waals surface area contributed by atoms with Crippen LogP contribution in [0.4, 0.5) is 0 Å². The summed E-state index contributed by atoms with van der Waals surface area (Å²) in [7, 11) is -3.02. The molecule has 0 aliphatic heterocycles. The molecule has 0 spiro atoms. The first-order chi connectivity index (χ1) is 19.8. The fraction of sp³-hybridized carbons (Fsp3) is 0.273. The summed E-state index contributed by atoms with van der Waals surface area (Å²) in [6.45, 7) is 7.19. The molecule has 7 nitrogen and oxygen atoms in total. The summed E-state index contributed by atoms with van der Waals surface area (Å²) in [4.78, 5) is 27.5. The maximum absolute atomic E-state index is 14.2. The number of nitrogens with one attached hydrogen (secondary N) is 1. The molecule has 0 radical (unpaired) electrons. The molecule has 2 atom stereocenters. The number of carbonyl (C=O) groups excluding carboxylic acids is 2. The van der Waals surface area contributed by atoms with E-state index in [0.717, 1.165) is 11.1 Å². The topological polar surface area (TPSA) is 98.8 Å². The van der Waals surface area contributed by atoms with Crippen molar-refractivity contribution in [3.63, 3.8) is 0 Å². The number of hydrogen-bond acceptors (Lipinski definition) is 6. The van der Waals surface area contributed by atoms with Gasteiger partial charge in [0.05, 0.1) is 12.0 Å². The molecule has 0 fully saturated rings. The van der Waals surface area contributed by atoms with Crippen LogP contribution < -0.4 is 4.72 Å². The van der Waals surface area contributed by atoms with E-state index in [1.165, 1.54) is 19.2 Å². The number of ether oxygens (including phenoxy) is 2. The molecule has 0 bridgehead atoms. The molecule has 0 saturated carbocycles. The van der Waals surface area contributed by atoms with Crippen LogP contribution in [0.25, 0.3) is 0 Å². The largest absolute Gasteiger partial charge is 0.464 e. The number of halogens is 1. The molecule has 3 aromatic carbocycles.